The van der Waals surface area contributed by atoms with Gasteiger partial charge in [-0.3, -0.25) is 4.79 Å². The van der Waals surface area contributed by atoms with E-state index in [-0.39, 0.29) is 29.6 Å². The molecule has 1 atom stereocenters. The maximum absolute atomic E-state index is 13.5. The zero-order valence-electron chi connectivity index (χ0n) is 24.3. The number of nitriles is 1. The number of alkyl halides is 2. The van der Waals surface area contributed by atoms with E-state index in [0.29, 0.717) is 41.0 Å². The third kappa shape index (κ3) is 6.59. The van der Waals surface area contributed by atoms with Crippen LogP contribution in [0.2, 0.25) is 0 Å². The van der Waals surface area contributed by atoms with Crippen LogP contribution >= 0.6 is 10.0 Å². The number of likely N-dealkylation sites (N-methyl/N-ethyl adjacent to an activating group) is 1. The summed E-state index contributed by atoms with van der Waals surface area (Å²) in [5.41, 5.74) is 1.84. The Balaban J connectivity index is 1.59. The molecule has 0 aliphatic carbocycles. The molecule has 0 amide bonds. The van der Waals surface area contributed by atoms with Crippen molar-refractivity contribution in [2.75, 3.05) is 57.9 Å². The van der Waals surface area contributed by atoms with Crippen LogP contribution in [-0.2, 0) is 17.9 Å². The average molecular weight is 599 g/mol. The number of fused-ring (bicyclic) bond motifs is 2. The van der Waals surface area contributed by atoms with Crippen molar-refractivity contribution in [1.29, 1.82) is 5.26 Å². The Labute approximate surface area is 245 Å². The summed E-state index contributed by atoms with van der Waals surface area (Å²) in [5, 5.41) is 16.0. The molecule has 0 saturated carbocycles. The van der Waals surface area contributed by atoms with Crippen molar-refractivity contribution in [2.24, 2.45) is 0 Å². The highest BCUT2D eigenvalue weighted by atomic mass is 32.3. The standard InChI is InChI=1S/C30H36F2N6O3S/c1-36-10-9-21(17-36)38-30(39)23-8-6-5-7-22(23)24(35-38)15-29-34-25-14-27(41-18-28(31)32)20(16-33)13-26(25)37(29)19-40-11-12-42(2,3)4/h5-8,13-14,21,28H,9-12,15,17-19H2,1-4H3. The molecule has 12 heteroatoms. The fraction of sp³-hybridized carbons (Fsp3) is 0.467. The molecular formula is C30H36F2N6O3S. The summed E-state index contributed by atoms with van der Waals surface area (Å²) in [5.74, 6) is 1.60. The number of likely N-dealkylation sites (tertiary alicyclic amines) is 1. The molecule has 42 heavy (non-hydrogen) atoms. The van der Waals surface area contributed by atoms with Crippen molar-refractivity contribution >= 4 is 31.8 Å². The lowest BCUT2D eigenvalue weighted by atomic mass is 10.1. The first-order valence-corrected chi connectivity index (χ1v) is 16.8. The first-order valence-electron chi connectivity index (χ1n) is 13.8. The lowest BCUT2D eigenvalue weighted by Crippen LogP contribution is -2.30. The van der Waals surface area contributed by atoms with E-state index in [4.69, 9.17) is 19.6 Å². The Hall–Kier alpha value is -3.53. The third-order valence-corrected chi connectivity index (χ3v) is 8.81. The number of hydrogen-bond acceptors (Lipinski definition) is 7. The Kier molecular flexibility index (Phi) is 8.82. The SMILES string of the molecule is CN1CCC(n2nc(Cc3nc4cc(OCC(F)F)c(C#N)cc4n3COCCS(C)(C)C)c3ccccc3c2=O)C1. The minimum Gasteiger partial charge on any atom is -0.486 e. The van der Waals surface area contributed by atoms with Crippen molar-refractivity contribution in [1.82, 2.24) is 24.2 Å². The minimum absolute atomic E-state index is 0.0272. The van der Waals surface area contributed by atoms with E-state index in [0.717, 1.165) is 30.6 Å². The van der Waals surface area contributed by atoms with Crippen molar-refractivity contribution in [3.8, 4) is 11.8 Å². The van der Waals surface area contributed by atoms with E-state index >= 15 is 0 Å². The zero-order chi connectivity index (χ0) is 30.0. The summed E-state index contributed by atoms with van der Waals surface area (Å²) in [6.45, 7) is 1.56. The molecule has 1 saturated heterocycles. The first-order chi connectivity index (χ1) is 20.0. The van der Waals surface area contributed by atoms with E-state index in [2.05, 4.69) is 29.7 Å². The number of hydrogen-bond donors (Lipinski definition) is 0. The predicted molar refractivity (Wildman–Crippen MR) is 162 cm³/mol. The van der Waals surface area contributed by atoms with Crippen LogP contribution in [0.4, 0.5) is 8.78 Å². The van der Waals surface area contributed by atoms with E-state index < -0.39 is 23.1 Å². The number of aromatic nitrogens is 4. The molecule has 5 rings (SSSR count). The van der Waals surface area contributed by atoms with E-state index in [1.54, 1.807) is 10.7 Å². The van der Waals surface area contributed by atoms with Crippen molar-refractivity contribution in [3.05, 3.63) is 63.8 Å². The van der Waals surface area contributed by atoms with Crippen LogP contribution in [0.3, 0.4) is 0 Å². The number of ether oxygens (including phenoxy) is 2. The molecule has 9 nitrogen and oxygen atoms in total. The van der Waals surface area contributed by atoms with Gasteiger partial charge in [0.25, 0.3) is 12.0 Å². The van der Waals surface area contributed by atoms with Gasteiger partial charge in [0.05, 0.1) is 46.7 Å². The van der Waals surface area contributed by atoms with Crippen LogP contribution in [0, 0.1) is 11.3 Å². The molecule has 4 aromatic rings. The molecule has 1 fully saturated rings. The molecule has 2 aromatic heterocycles. The van der Waals surface area contributed by atoms with Gasteiger partial charge in [-0.05, 0) is 44.4 Å². The highest BCUT2D eigenvalue weighted by Gasteiger charge is 2.25. The number of nitrogens with zero attached hydrogens (tertiary/aromatic N) is 6. The molecule has 1 aliphatic rings. The Morgan fingerprint density at radius 1 is 1.19 bits per heavy atom. The van der Waals surface area contributed by atoms with Gasteiger partial charge < -0.3 is 18.9 Å². The highest BCUT2D eigenvalue weighted by Crippen LogP contribution is 2.34. The number of rotatable bonds is 11. The fourth-order valence-corrected chi connectivity index (χ4v) is 5.84. The summed E-state index contributed by atoms with van der Waals surface area (Å²) < 4.78 is 40.6. The molecule has 0 spiro atoms. The molecule has 224 valence electrons. The summed E-state index contributed by atoms with van der Waals surface area (Å²) in [7, 11) is 1.28. The van der Waals surface area contributed by atoms with Crippen LogP contribution in [0.1, 0.15) is 29.5 Å². The second kappa shape index (κ2) is 12.4. The Morgan fingerprint density at radius 2 is 1.95 bits per heavy atom. The van der Waals surface area contributed by atoms with Crippen LogP contribution in [-0.4, -0.2) is 88.5 Å². The highest BCUT2D eigenvalue weighted by molar-refractivity contribution is 8.32. The van der Waals surface area contributed by atoms with Gasteiger partial charge in [-0.1, -0.05) is 18.2 Å². The van der Waals surface area contributed by atoms with Gasteiger partial charge in [-0.25, -0.2) is 28.5 Å². The lowest BCUT2D eigenvalue weighted by Gasteiger charge is -2.24. The molecule has 2 aromatic carbocycles. The first kappa shape index (κ1) is 29.9. The number of halogens is 2. The minimum atomic E-state index is -2.67. The number of benzene rings is 2. The molecule has 3 heterocycles. The molecule has 1 unspecified atom stereocenters. The zero-order valence-corrected chi connectivity index (χ0v) is 25.2. The summed E-state index contributed by atoms with van der Waals surface area (Å²) >= 11 is 0. The van der Waals surface area contributed by atoms with Crippen LogP contribution in [0.5, 0.6) is 5.75 Å². The Bertz CT molecular complexity index is 1690. The lowest BCUT2D eigenvalue weighted by molar-refractivity contribution is 0.0818. The van der Waals surface area contributed by atoms with Crippen molar-refractivity contribution < 1.29 is 18.3 Å². The molecule has 0 radical (unpaired) electrons. The van der Waals surface area contributed by atoms with Gasteiger partial charge in [0, 0.05) is 30.3 Å². The quantitative estimate of drug-likeness (QED) is 0.236. The predicted octanol–water partition coefficient (Wildman–Crippen LogP) is 4.40. The van der Waals surface area contributed by atoms with E-state index in [9.17, 15) is 18.8 Å². The average Bonchev–Trinajstić information content (AvgIpc) is 3.52. The van der Waals surface area contributed by atoms with Gasteiger partial charge in [0.1, 0.15) is 31.0 Å². The second-order valence-electron chi connectivity index (χ2n) is 11.6. The Morgan fingerprint density at radius 3 is 2.62 bits per heavy atom. The van der Waals surface area contributed by atoms with Crippen LogP contribution in [0.15, 0.2) is 41.2 Å². The maximum Gasteiger partial charge on any atom is 0.274 e. The molecular weight excluding hydrogens is 562 g/mol. The summed E-state index contributed by atoms with van der Waals surface area (Å²) in [4.78, 5) is 20.5. The van der Waals surface area contributed by atoms with Crippen LogP contribution in [0.25, 0.3) is 21.8 Å². The molecule has 0 bridgehead atoms. The van der Waals surface area contributed by atoms with Gasteiger partial charge in [-0.15, -0.1) is 0 Å². The maximum atomic E-state index is 13.5. The largest absolute Gasteiger partial charge is 0.486 e. The van der Waals surface area contributed by atoms with Gasteiger partial charge in [0.15, 0.2) is 0 Å². The van der Waals surface area contributed by atoms with E-state index in [1.807, 2.05) is 35.9 Å². The summed E-state index contributed by atoms with van der Waals surface area (Å²) in [6.07, 6.45) is 5.13. The van der Waals surface area contributed by atoms with Gasteiger partial charge in [0.2, 0.25) is 0 Å². The van der Waals surface area contributed by atoms with E-state index in [1.165, 1.54) is 6.07 Å². The van der Waals surface area contributed by atoms with Gasteiger partial charge in [-0.2, -0.15) is 10.4 Å². The monoisotopic (exact) mass is 598 g/mol. The van der Waals surface area contributed by atoms with Crippen molar-refractivity contribution in [3.63, 3.8) is 0 Å². The smallest absolute Gasteiger partial charge is 0.274 e. The molecule has 1 aliphatic heterocycles. The van der Waals surface area contributed by atoms with Crippen molar-refractivity contribution in [2.45, 2.75) is 32.0 Å². The second-order valence-corrected chi connectivity index (χ2v) is 16.2. The molecule has 0 N–H and O–H groups in total. The normalized spacial score (nSPS) is 16.5. The van der Waals surface area contributed by atoms with Gasteiger partial charge >= 0.3 is 0 Å². The van der Waals surface area contributed by atoms with Crippen LogP contribution < -0.4 is 10.3 Å². The third-order valence-electron chi connectivity index (χ3n) is 7.42. The topological polar surface area (TPSA) is 98.2 Å². The fourth-order valence-electron chi connectivity index (χ4n) is 5.22. The summed E-state index contributed by atoms with van der Waals surface area (Å²) in [6, 6.07) is 12.6. The number of imidazole rings is 1.